The van der Waals surface area contributed by atoms with Crippen molar-refractivity contribution in [1.29, 1.82) is 0 Å². The van der Waals surface area contributed by atoms with Crippen LogP contribution in [0.15, 0.2) is 30.7 Å². The second-order valence-electron chi connectivity index (χ2n) is 4.22. The Hall–Kier alpha value is -2.14. The summed E-state index contributed by atoms with van der Waals surface area (Å²) in [5.41, 5.74) is 1.98. The van der Waals surface area contributed by atoms with Gasteiger partial charge in [-0.15, -0.1) is 0 Å². The van der Waals surface area contributed by atoms with Crippen LogP contribution >= 0.6 is 11.6 Å². The van der Waals surface area contributed by atoms with Gasteiger partial charge in [-0.1, -0.05) is 11.6 Å². The van der Waals surface area contributed by atoms with Gasteiger partial charge >= 0.3 is 0 Å². The van der Waals surface area contributed by atoms with Crippen LogP contribution in [-0.2, 0) is 0 Å². The number of nitrogens with zero attached hydrogens (tertiary/aromatic N) is 2. The van der Waals surface area contributed by atoms with E-state index in [0.29, 0.717) is 22.1 Å². The van der Waals surface area contributed by atoms with Gasteiger partial charge in [0.25, 0.3) is 5.91 Å². The van der Waals surface area contributed by atoms with E-state index >= 15 is 0 Å². The quantitative estimate of drug-likeness (QED) is 0.908. The van der Waals surface area contributed by atoms with Crippen molar-refractivity contribution in [2.45, 2.75) is 13.8 Å². The number of aryl methyl sites for hydroxylation is 1. The molecule has 0 unspecified atom stereocenters. The predicted octanol–water partition coefficient (Wildman–Crippen LogP) is 3.12. The van der Waals surface area contributed by atoms with Crippen LogP contribution < -0.4 is 10.6 Å². The average Bonchev–Trinajstić information content (AvgIpc) is 2.43. The van der Waals surface area contributed by atoms with Gasteiger partial charge in [0.1, 0.15) is 5.82 Å². The lowest BCUT2D eigenvalue weighted by atomic mass is 10.2. The van der Waals surface area contributed by atoms with Crippen molar-refractivity contribution < 1.29 is 4.79 Å². The molecule has 6 heteroatoms. The van der Waals surface area contributed by atoms with E-state index < -0.39 is 0 Å². The minimum atomic E-state index is -0.272. The summed E-state index contributed by atoms with van der Waals surface area (Å²) in [6.07, 6.45) is 4.78. The average molecular weight is 291 g/mol. The van der Waals surface area contributed by atoms with Crippen LogP contribution in [-0.4, -0.2) is 22.4 Å². The molecule has 0 bridgehead atoms. The molecule has 0 saturated carbocycles. The van der Waals surface area contributed by atoms with Crippen molar-refractivity contribution in [3.05, 3.63) is 46.9 Å². The molecular formula is C14H15ClN4O. The van der Waals surface area contributed by atoms with Crippen LogP contribution in [0.4, 0.5) is 11.5 Å². The monoisotopic (exact) mass is 290 g/mol. The third kappa shape index (κ3) is 3.24. The number of anilines is 2. The summed E-state index contributed by atoms with van der Waals surface area (Å²) in [7, 11) is 0. The molecule has 0 radical (unpaired) electrons. The Bertz CT molecular complexity index is 630. The lowest BCUT2D eigenvalue weighted by Gasteiger charge is -2.10. The molecule has 2 N–H and O–H groups in total. The first-order valence-electron chi connectivity index (χ1n) is 6.23. The zero-order valence-electron chi connectivity index (χ0n) is 11.3. The number of nitrogens with one attached hydrogen (secondary N) is 2. The molecule has 0 spiro atoms. The van der Waals surface area contributed by atoms with E-state index in [4.69, 9.17) is 11.6 Å². The highest BCUT2D eigenvalue weighted by molar-refractivity contribution is 6.34. The molecule has 5 nitrogen and oxygen atoms in total. The molecule has 0 aliphatic heterocycles. The first kappa shape index (κ1) is 14.3. The highest BCUT2D eigenvalue weighted by Gasteiger charge is 2.13. The van der Waals surface area contributed by atoms with E-state index in [-0.39, 0.29) is 5.91 Å². The van der Waals surface area contributed by atoms with Gasteiger partial charge in [0.15, 0.2) is 0 Å². The molecule has 1 amide bonds. The van der Waals surface area contributed by atoms with E-state index in [1.165, 1.54) is 6.20 Å². The highest BCUT2D eigenvalue weighted by Crippen LogP contribution is 2.20. The van der Waals surface area contributed by atoms with Crippen molar-refractivity contribution in [3.8, 4) is 0 Å². The van der Waals surface area contributed by atoms with E-state index in [1.54, 1.807) is 24.5 Å². The lowest BCUT2D eigenvalue weighted by Crippen LogP contribution is -2.14. The van der Waals surface area contributed by atoms with E-state index in [0.717, 1.165) is 12.1 Å². The third-order valence-corrected chi connectivity index (χ3v) is 3.03. The summed E-state index contributed by atoms with van der Waals surface area (Å²) < 4.78 is 0. The number of aromatic nitrogens is 2. The summed E-state index contributed by atoms with van der Waals surface area (Å²) in [4.78, 5) is 20.4. The minimum Gasteiger partial charge on any atom is -0.370 e. The number of carbonyl (C=O) groups excluding carboxylic acids is 1. The van der Waals surface area contributed by atoms with Gasteiger partial charge in [-0.2, -0.15) is 0 Å². The zero-order chi connectivity index (χ0) is 14.5. The lowest BCUT2D eigenvalue weighted by molar-refractivity contribution is 0.102. The molecule has 2 aromatic heterocycles. The first-order chi connectivity index (χ1) is 9.61. The fraction of sp³-hybridized carbons (Fsp3) is 0.214. The Morgan fingerprint density at radius 2 is 2.20 bits per heavy atom. The third-order valence-electron chi connectivity index (χ3n) is 2.73. The highest BCUT2D eigenvalue weighted by atomic mass is 35.5. The smallest absolute Gasteiger partial charge is 0.257 e. The minimum absolute atomic E-state index is 0.272. The van der Waals surface area contributed by atoms with Crippen molar-refractivity contribution >= 4 is 29.0 Å². The van der Waals surface area contributed by atoms with Gasteiger partial charge in [-0.25, -0.2) is 4.98 Å². The van der Waals surface area contributed by atoms with Crippen LogP contribution in [0.2, 0.25) is 5.02 Å². The van der Waals surface area contributed by atoms with Crippen molar-refractivity contribution in [2.24, 2.45) is 0 Å². The summed E-state index contributed by atoms with van der Waals surface area (Å²) in [5, 5.41) is 6.18. The summed E-state index contributed by atoms with van der Waals surface area (Å²) in [6.45, 7) is 4.55. The van der Waals surface area contributed by atoms with E-state index in [1.807, 2.05) is 13.8 Å². The maximum absolute atomic E-state index is 12.3. The van der Waals surface area contributed by atoms with Crippen LogP contribution in [0.5, 0.6) is 0 Å². The Morgan fingerprint density at radius 3 is 2.90 bits per heavy atom. The molecule has 104 valence electrons. The molecule has 0 aromatic carbocycles. The van der Waals surface area contributed by atoms with Gasteiger partial charge in [0.05, 0.1) is 10.6 Å². The van der Waals surface area contributed by atoms with Crippen LogP contribution in [0.1, 0.15) is 22.8 Å². The molecule has 0 fully saturated rings. The Kier molecular flexibility index (Phi) is 4.53. The second-order valence-corrected chi connectivity index (χ2v) is 4.63. The Labute approximate surface area is 122 Å². The zero-order valence-corrected chi connectivity index (χ0v) is 12.0. The van der Waals surface area contributed by atoms with Gasteiger partial charge < -0.3 is 10.6 Å². The van der Waals surface area contributed by atoms with Crippen LogP contribution in [0.3, 0.4) is 0 Å². The van der Waals surface area contributed by atoms with Gasteiger partial charge in [-0.3, -0.25) is 9.78 Å². The summed E-state index contributed by atoms with van der Waals surface area (Å²) >= 11 is 6.03. The predicted molar refractivity (Wildman–Crippen MR) is 80.3 cm³/mol. The number of pyridine rings is 2. The van der Waals surface area contributed by atoms with Crippen LogP contribution in [0.25, 0.3) is 0 Å². The summed E-state index contributed by atoms with van der Waals surface area (Å²) in [6, 6.07) is 3.38. The van der Waals surface area contributed by atoms with Crippen molar-refractivity contribution in [2.75, 3.05) is 17.2 Å². The summed E-state index contributed by atoms with van der Waals surface area (Å²) in [5.74, 6) is 0.347. The molecule has 0 saturated heterocycles. The number of carbonyl (C=O) groups is 1. The number of hydrogen-bond donors (Lipinski definition) is 2. The van der Waals surface area contributed by atoms with E-state index in [9.17, 15) is 4.79 Å². The molecule has 2 aromatic rings. The van der Waals surface area contributed by atoms with E-state index in [2.05, 4.69) is 20.6 Å². The number of amides is 1. The SMILES string of the molecule is CCNc1cc(C(=O)Nc2ccncc2C)c(Cl)cn1. The molecule has 20 heavy (non-hydrogen) atoms. The Morgan fingerprint density at radius 1 is 1.40 bits per heavy atom. The van der Waals surface area contributed by atoms with Crippen molar-refractivity contribution in [3.63, 3.8) is 0 Å². The maximum Gasteiger partial charge on any atom is 0.257 e. The van der Waals surface area contributed by atoms with Gasteiger partial charge in [0, 0.05) is 30.8 Å². The number of rotatable bonds is 4. The van der Waals surface area contributed by atoms with Crippen molar-refractivity contribution in [1.82, 2.24) is 9.97 Å². The van der Waals surface area contributed by atoms with Crippen LogP contribution in [0, 0.1) is 6.92 Å². The molecule has 0 atom stereocenters. The van der Waals surface area contributed by atoms with Gasteiger partial charge in [0.2, 0.25) is 0 Å². The fourth-order valence-corrected chi connectivity index (χ4v) is 1.88. The second kappa shape index (κ2) is 6.34. The number of hydrogen-bond acceptors (Lipinski definition) is 4. The topological polar surface area (TPSA) is 66.9 Å². The fourth-order valence-electron chi connectivity index (χ4n) is 1.69. The largest absolute Gasteiger partial charge is 0.370 e. The van der Waals surface area contributed by atoms with Gasteiger partial charge in [-0.05, 0) is 31.5 Å². The Balaban J connectivity index is 2.25. The molecule has 0 aliphatic rings. The molecule has 0 aliphatic carbocycles. The molecule has 2 heterocycles. The molecule has 2 rings (SSSR count). The number of halogens is 1. The first-order valence-corrected chi connectivity index (χ1v) is 6.61. The maximum atomic E-state index is 12.3. The molecular weight excluding hydrogens is 276 g/mol. The normalized spacial score (nSPS) is 10.2. The standard InChI is InChI=1S/C14H15ClN4O/c1-3-17-13-6-10(11(15)8-18-13)14(20)19-12-4-5-16-7-9(12)2/h4-8H,3H2,1-2H3,(H,17,18)(H,16,19,20).